The minimum absolute atomic E-state index is 0.0342. The first-order valence-corrected chi connectivity index (χ1v) is 10.00. The zero-order valence-corrected chi connectivity index (χ0v) is 14.9. The van der Waals surface area contributed by atoms with E-state index in [1.807, 2.05) is 32.3 Å². The highest BCUT2D eigenvalue weighted by Crippen LogP contribution is 2.20. The van der Waals surface area contributed by atoms with Gasteiger partial charge in [0.2, 0.25) is 0 Å². The Balaban J connectivity index is 1.83. The van der Waals surface area contributed by atoms with Crippen LogP contribution in [-0.4, -0.2) is 28.2 Å². The van der Waals surface area contributed by atoms with E-state index in [1.165, 1.54) is 11.3 Å². The maximum absolute atomic E-state index is 12.4. The molecule has 122 valence electrons. The number of fused-ring (bicyclic) bond motifs is 1. The van der Waals surface area contributed by atoms with Crippen molar-refractivity contribution >= 4 is 32.2 Å². The molecule has 0 fully saturated rings. The van der Waals surface area contributed by atoms with Crippen molar-refractivity contribution in [1.82, 2.24) is 19.7 Å². The van der Waals surface area contributed by atoms with Gasteiger partial charge in [-0.2, -0.15) is 5.10 Å². The van der Waals surface area contributed by atoms with Crippen molar-refractivity contribution in [2.45, 2.75) is 31.8 Å². The average molecular weight is 350 g/mol. The van der Waals surface area contributed by atoms with Crippen molar-refractivity contribution in [2.75, 3.05) is 0 Å². The summed E-state index contributed by atoms with van der Waals surface area (Å²) in [7, 11) is -1.45. The van der Waals surface area contributed by atoms with Crippen LogP contribution in [0.25, 0.3) is 11.0 Å². The van der Waals surface area contributed by atoms with Crippen LogP contribution in [0.4, 0.5) is 0 Å². The predicted octanol–water partition coefficient (Wildman–Crippen LogP) is 2.41. The molecule has 0 bridgehead atoms. The maximum atomic E-state index is 12.4. The summed E-state index contributed by atoms with van der Waals surface area (Å²) in [6.45, 7) is 3.90. The van der Waals surface area contributed by atoms with Crippen LogP contribution in [0.5, 0.6) is 0 Å². The Hall–Kier alpha value is -1.80. The number of hydrogen-bond donors (Lipinski definition) is 0. The van der Waals surface area contributed by atoms with E-state index in [4.69, 9.17) is 0 Å². The Morgan fingerprint density at radius 1 is 1.30 bits per heavy atom. The number of hydrogen-bond acceptors (Lipinski definition) is 6. The fourth-order valence-electron chi connectivity index (χ4n) is 2.54. The number of nitrogens with zero attached hydrogens (tertiary/aromatic N) is 4. The molecule has 0 amide bonds. The van der Waals surface area contributed by atoms with Crippen molar-refractivity contribution in [3.8, 4) is 0 Å². The summed E-state index contributed by atoms with van der Waals surface area (Å²) in [6, 6.07) is 1.86. The predicted molar refractivity (Wildman–Crippen MR) is 91.1 cm³/mol. The monoisotopic (exact) mass is 350 g/mol. The molecule has 3 aromatic rings. The first-order chi connectivity index (χ1) is 10.9. The molecule has 3 heterocycles. The first-order valence-electron chi connectivity index (χ1n) is 7.30. The second-order valence-corrected chi connectivity index (χ2v) is 8.55. The normalized spacial score (nSPS) is 12.1. The summed E-state index contributed by atoms with van der Waals surface area (Å²) in [5.74, 6) is -0.0726. The third kappa shape index (κ3) is 3.42. The molecule has 3 rings (SSSR count). The lowest BCUT2D eigenvalue weighted by atomic mass is 10.2. The molecule has 0 N–H and O–H groups in total. The minimum atomic E-state index is -3.28. The topological polar surface area (TPSA) is 77.7 Å². The number of pyridine rings is 1. The zero-order valence-electron chi connectivity index (χ0n) is 13.3. The zero-order chi connectivity index (χ0) is 16.6. The number of rotatable bonds is 5. The molecule has 0 saturated carbocycles. The van der Waals surface area contributed by atoms with E-state index in [0.717, 1.165) is 28.2 Å². The van der Waals surface area contributed by atoms with Crippen LogP contribution in [0.3, 0.4) is 0 Å². The van der Waals surface area contributed by atoms with Crippen LogP contribution in [0.2, 0.25) is 0 Å². The molecule has 0 aromatic carbocycles. The van der Waals surface area contributed by atoms with Gasteiger partial charge in [-0.1, -0.05) is 6.92 Å². The number of thiazole rings is 1. The van der Waals surface area contributed by atoms with Gasteiger partial charge < -0.3 is 0 Å². The van der Waals surface area contributed by atoms with Gasteiger partial charge in [-0.25, -0.2) is 18.4 Å². The van der Waals surface area contributed by atoms with Crippen molar-refractivity contribution in [2.24, 2.45) is 7.05 Å². The molecule has 3 aromatic heterocycles. The number of sulfone groups is 1. The third-order valence-corrected chi connectivity index (χ3v) is 6.13. The van der Waals surface area contributed by atoms with Gasteiger partial charge in [-0.3, -0.25) is 4.68 Å². The van der Waals surface area contributed by atoms with Gasteiger partial charge in [0.15, 0.2) is 15.5 Å². The van der Waals surface area contributed by atoms with E-state index < -0.39 is 9.84 Å². The summed E-state index contributed by atoms with van der Waals surface area (Å²) in [5.41, 5.74) is 2.91. The van der Waals surface area contributed by atoms with Gasteiger partial charge in [0.1, 0.15) is 0 Å². The Kier molecular flexibility index (Phi) is 4.20. The fraction of sp³-hybridized carbons (Fsp3) is 0.400. The second-order valence-electron chi connectivity index (χ2n) is 5.54. The highest BCUT2D eigenvalue weighted by atomic mass is 32.2. The van der Waals surface area contributed by atoms with Gasteiger partial charge in [-0.05, 0) is 25.0 Å². The molecule has 0 atom stereocenters. The third-order valence-electron chi connectivity index (χ3n) is 3.58. The quantitative estimate of drug-likeness (QED) is 0.706. The molecule has 23 heavy (non-hydrogen) atoms. The summed E-state index contributed by atoms with van der Waals surface area (Å²) < 4.78 is 26.5. The van der Waals surface area contributed by atoms with Gasteiger partial charge in [0.25, 0.3) is 0 Å². The van der Waals surface area contributed by atoms with Crippen LogP contribution in [0.15, 0.2) is 17.6 Å². The van der Waals surface area contributed by atoms with Crippen molar-refractivity contribution in [3.05, 3.63) is 39.6 Å². The summed E-state index contributed by atoms with van der Waals surface area (Å²) in [5, 5.41) is 7.98. The standard InChI is InChI=1S/C15H18N4O2S2/c1-4-14-17-12(7-22-14)9-23(20,21)8-11-5-13-10(2)18-19(3)15(13)16-6-11/h5-7H,4,8-9H2,1-3H3. The largest absolute Gasteiger partial charge is 0.250 e. The molecule has 0 radical (unpaired) electrons. The van der Waals surface area contributed by atoms with Crippen molar-refractivity contribution < 1.29 is 8.42 Å². The van der Waals surface area contributed by atoms with E-state index in [2.05, 4.69) is 15.1 Å². The van der Waals surface area contributed by atoms with Crippen LogP contribution >= 0.6 is 11.3 Å². The Bertz CT molecular complexity index is 957. The molecule has 0 saturated heterocycles. The van der Waals surface area contributed by atoms with Crippen molar-refractivity contribution in [3.63, 3.8) is 0 Å². The lowest BCUT2D eigenvalue weighted by Crippen LogP contribution is -2.08. The van der Waals surface area contributed by atoms with Crippen LogP contribution in [0, 0.1) is 6.92 Å². The fourth-order valence-corrected chi connectivity index (χ4v) is 4.75. The number of aryl methyl sites for hydroxylation is 3. The highest BCUT2D eigenvalue weighted by molar-refractivity contribution is 7.89. The van der Waals surface area contributed by atoms with Crippen LogP contribution in [0.1, 0.15) is 28.9 Å². The summed E-state index contributed by atoms with van der Waals surface area (Å²) in [6.07, 6.45) is 2.44. The van der Waals surface area contributed by atoms with Crippen molar-refractivity contribution in [1.29, 1.82) is 0 Å². The smallest absolute Gasteiger partial charge is 0.160 e. The van der Waals surface area contributed by atoms with Gasteiger partial charge >= 0.3 is 0 Å². The van der Waals surface area contributed by atoms with Crippen LogP contribution in [-0.2, 0) is 34.8 Å². The molecule has 0 aliphatic carbocycles. The van der Waals surface area contributed by atoms with E-state index >= 15 is 0 Å². The van der Waals surface area contributed by atoms with E-state index in [-0.39, 0.29) is 11.5 Å². The van der Waals surface area contributed by atoms with E-state index in [0.29, 0.717) is 11.3 Å². The molecule has 8 heteroatoms. The van der Waals surface area contributed by atoms with E-state index in [1.54, 1.807) is 10.9 Å². The Morgan fingerprint density at radius 3 is 2.78 bits per heavy atom. The van der Waals surface area contributed by atoms with Gasteiger partial charge in [-0.15, -0.1) is 11.3 Å². The Morgan fingerprint density at radius 2 is 2.09 bits per heavy atom. The SMILES string of the molecule is CCc1nc(CS(=O)(=O)Cc2cnc3c(c2)c(C)nn3C)cs1. The summed E-state index contributed by atoms with van der Waals surface area (Å²) in [4.78, 5) is 8.67. The lowest BCUT2D eigenvalue weighted by Gasteiger charge is -2.03. The van der Waals surface area contributed by atoms with Crippen LogP contribution < -0.4 is 0 Å². The molecule has 0 aliphatic heterocycles. The Labute approximate surface area is 139 Å². The van der Waals surface area contributed by atoms with Gasteiger partial charge in [0, 0.05) is 24.0 Å². The molecular weight excluding hydrogens is 332 g/mol. The number of aromatic nitrogens is 4. The average Bonchev–Trinajstić information content (AvgIpc) is 3.03. The molecule has 0 unspecified atom stereocenters. The minimum Gasteiger partial charge on any atom is -0.250 e. The second kappa shape index (κ2) is 6.01. The lowest BCUT2D eigenvalue weighted by molar-refractivity contribution is 0.594. The molecular formula is C15H18N4O2S2. The molecule has 6 nitrogen and oxygen atoms in total. The highest BCUT2D eigenvalue weighted by Gasteiger charge is 2.17. The maximum Gasteiger partial charge on any atom is 0.160 e. The summed E-state index contributed by atoms with van der Waals surface area (Å²) >= 11 is 1.50. The first kappa shape index (κ1) is 16.1. The molecule has 0 aliphatic rings. The van der Waals surface area contributed by atoms with Gasteiger partial charge in [0.05, 0.1) is 27.9 Å². The van der Waals surface area contributed by atoms with E-state index in [9.17, 15) is 8.42 Å². The molecule has 0 spiro atoms.